The zero-order valence-electron chi connectivity index (χ0n) is 17.4. The quantitative estimate of drug-likeness (QED) is 0.825. The molecular formula is C25H32N2O2. The van der Waals surface area contributed by atoms with E-state index in [9.17, 15) is 4.79 Å². The number of anilines is 1. The molecule has 2 heterocycles. The van der Waals surface area contributed by atoms with Gasteiger partial charge in [0.15, 0.2) is 0 Å². The molecule has 0 spiro atoms. The van der Waals surface area contributed by atoms with E-state index in [1.165, 1.54) is 18.5 Å². The Hall–Kier alpha value is -2.33. The maximum Gasteiger partial charge on any atom is 0.231 e. The van der Waals surface area contributed by atoms with Gasteiger partial charge in [-0.1, -0.05) is 49.4 Å². The highest BCUT2D eigenvalue weighted by Crippen LogP contribution is 2.35. The van der Waals surface area contributed by atoms with Crippen LogP contribution in [0.1, 0.15) is 43.7 Å². The van der Waals surface area contributed by atoms with E-state index in [0.717, 1.165) is 43.0 Å². The molecule has 4 rings (SSSR count). The van der Waals surface area contributed by atoms with Gasteiger partial charge in [0.05, 0.1) is 5.41 Å². The van der Waals surface area contributed by atoms with Gasteiger partial charge >= 0.3 is 0 Å². The molecule has 0 saturated carbocycles. The molecule has 0 bridgehead atoms. The predicted octanol–water partition coefficient (Wildman–Crippen LogP) is 4.29. The Morgan fingerprint density at radius 2 is 1.83 bits per heavy atom. The van der Waals surface area contributed by atoms with Crippen LogP contribution in [0.5, 0.6) is 0 Å². The van der Waals surface area contributed by atoms with E-state index in [1.807, 2.05) is 18.2 Å². The number of piperidine rings is 1. The van der Waals surface area contributed by atoms with Crippen LogP contribution in [0.2, 0.25) is 0 Å². The van der Waals surface area contributed by atoms with Crippen LogP contribution in [-0.2, 0) is 21.5 Å². The summed E-state index contributed by atoms with van der Waals surface area (Å²) in [4.78, 5) is 15.7. The van der Waals surface area contributed by atoms with Crippen molar-refractivity contribution in [1.82, 2.24) is 5.32 Å². The first-order chi connectivity index (χ1) is 14.2. The monoisotopic (exact) mass is 392 g/mol. The number of benzene rings is 2. The maximum absolute atomic E-state index is 13.3. The molecule has 0 aliphatic carbocycles. The lowest BCUT2D eigenvalue weighted by Crippen LogP contribution is -2.47. The molecular weight excluding hydrogens is 360 g/mol. The minimum Gasteiger partial charge on any atom is -0.381 e. The minimum absolute atomic E-state index is 0.112. The van der Waals surface area contributed by atoms with Gasteiger partial charge in [-0.2, -0.15) is 0 Å². The number of ether oxygens (including phenoxy) is 1. The average Bonchev–Trinajstić information content (AvgIpc) is 2.79. The van der Waals surface area contributed by atoms with E-state index in [1.54, 1.807) is 0 Å². The summed E-state index contributed by atoms with van der Waals surface area (Å²) in [6, 6.07) is 18.8. The fraction of sp³-hybridized carbons (Fsp3) is 0.480. The third-order valence-corrected chi connectivity index (χ3v) is 6.52. The van der Waals surface area contributed by atoms with Crippen molar-refractivity contribution in [2.75, 3.05) is 31.2 Å². The number of hydrogen-bond acceptors (Lipinski definition) is 3. The SMILES string of the molecule is C[C@H]1CCCN(c2ccc(CNC(=O)C3(c4ccccc4)CCOCC3)cc2)C1. The number of nitrogens with zero attached hydrogens (tertiary/aromatic N) is 1. The summed E-state index contributed by atoms with van der Waals surface area (Å²) in [7, 11) is 0. The van der Waals surface area contributed by atoms with Crippen molar-refractivity contribution in [3.63, 3.8) is 0 Å². The summed E-state index contributed by atoms with van der Waals surface area (Å²) in [5, 5.41) is 3.21. The number of hydrogen-bond donors (Lipinski definition) is 1. The number of nitrogens with one attached hydrogen (secondary N) is 1. The van der Waals surface area contributed by atoms with E-state index >= 15 is 0 Å². The van der Waals surface area contributed by atoms with Crippen molar-refractivity contribution >= 4 is 11.6 Å². The first-order valence-electron chi connectivity index (χ1n) is 10.9. The first kappa shape index (κ1) is 20.0. The van der Waals surface area contributed by atoms with Gasteiger partial charge in [-0.25, -0.2) is 0 Å². The number of rotatable bonds is 5. The van der Waals surface area contributed by atoms with Crippen molar-refractivity contribution in [3.05, 3.63) is 65.7 Å². The summed E-state index contributed by atoms with van der Waals surface area (Å²) in [5.74, 6) is 0.872. The summed E-state index contributed by atoms with van der Waals surface area (Å²) in [6.07, 6.45) is 4.06. The van der Waals surface area contributed by atoms with Crippen LogP contribution >= 0.6 is 0 Å². The van der Waals surface area contributed by atoms with Gasteiger partial charge in [-0.15, -0.1) is 0 Å². The highest BCUT2D eigenvalue weighted by atomic mass is 16.5. The number of carbonyl (C=O) groups is 1. The Labute approximate surface area is 174 Å². The van der Waals surface area contributed by atoms with Crippen LogP contribution < -0.4 is 10.2 Å². The molecule has 2 aliphatic heterocycles. The zero-order valence-corrected chi connectivity index (χ0v) is 17.4. The van der Waals surface area contributed by atoms with E-state index in [2.05, 4.69) is 53.5 Å². The fourth-order valence-electron chi connectivity index (χ4n) is 4.72. The lowest BCUT2D eigenvalue weighted by molar-refractivity contribution is -0.130. The third-order valence-electron chi connectivity index (χ3n) is 6.52. The number of carbonyl (C=O) groups excluding carboxylic acids is 1. The van der Waals surface area contributed by atoms with Gasteiger partial charge in [-0.3, -0.25) is 4.79 Å². The smallest absolute Gasteiger partial charge is 0.231 e. The van der Waals surface area contributed by atoms with Crippen LogP contribution in [0.4, 0.5) is 5.69 Å². The molecule has 1 atom stereocenters. The van der Waals surface area contributed by atoms with Crippen molar-refractivity contribution < 1.29 is 9.53 Å². The third kappa shape index (κ3) is 4.48. The Morgan fingerprint density at radius 1 is 1.10 bits per heavy atom. The van der Waals surface area contributed by atoms with Crippen LogP contribution in [0, 0.1) is 5.92 Å². The minimum atomic E-state index is -0.483. The lowest BCUT2D eigenvalue weighted by atomic mass is 9.73. The number of amides is 1. The second-order valence-corrected chi connectivity index (χ2v) is 8.60. The standard InChI is InChI=1S/C25H32N2O2/c1-20-6-5-15-27(19-20)23-11-9-21(10-12-23)18-26-24(28)25(13-16-29-17-14-25)22-7-3-2-4-8-22/h2-4,7-12,20H,5-6,13-19H2,1H3,(H,26,28)/t20-/m0/s1. The van der Waals surface area contributed by atoms with E-state index < -0.39 is 5.41 Å². The molecule has 0 unspecified atom stereocenters. The van der Waals surface area contributed by atoms with Crippen LogP contribution in [0.25, 0.3) is 0 Å². The van der Waals surface area contributed by atoms with E-state index in [0.29, 0.717) is 19.8 Å². The summed E-state index contributed by atoms with van der Waals surface area (Å²) in [6.45, 7) is 6.43. The molecule has 2 fully saturated rings. The molecule has 4 heteroatoms. The van der Waals surface area contributed by atoms with Crippen molar-refractivity contribution in [2.45, 2.75) is 44.6 Å². The topological polar surface area (TPSA) is 41.6 Å². The normalized spacial score (nSPS) is 21.6. The van der Waals surface area contributed by atoms with Gasteiger partial charge in [-0.05, 0) is 54.9 Å². The van der Waals surface area contributed by atoms with Gasteiger partial charge in [0.1, 0.15) is 0 Å². The molecule has 154 valence electrons. The van der Waals surface area contributed by atoms with Crippen LogP contribution in [-0.4, -0.2) is 32.2 Å². The summed E-state index contributed by atoms with van der Waals surface area (Å²) < 4.78 is 5.55. The molecule has 1 N–H and O–H groups in total. The largest absolute Gasteiger partial charge is 0.381 e. The zero-order chi connectivity index (χ0) is 20.1. The van der Waals surface area contributed by atoms with Crippen molar-refractivity contribution in [2.24, 2.45) is 5.92 Å². The molecule has 2 aromatic carbocycles. The fourth-order valence-corrected chi connectivity index (χ4v) is 4.72. The molecule has 29 heavy (non-hydrogen) atoms. The van der Waals surface area contributed by atoms with Gasteiger partial charge in [0, 0.05) is 38.5 Å². The van der Waals surface area contributed by atoms with Gasteiger partial charge < -0.3 is 15.0 Å². The van der Waals surface area contributed by atoms with Crippen molar-refractivity contribution in [3.8, 4) is 0 Å². The van der Waals surface area contributed by atoms with Crippen LogP contribution in [0.3, 0.4) is 0 Å². The molecule has 2 aromatic rings. The second kappa shape index (κ2) is 9.00. The van der Waals surface area contributed by atoms with E-state index in [-0.39, 0.29) is 5.91 Å². The molecule has 2 saturated heterocycles. The van der Waals surface area contributed by atoms with Gasteiger partial charge in [0.2, 0.25) is 5.91 Å². The molecule has 4 nitrogen and oxygen atoms in total. The predicted molar refractivity (Wildman–Crippen MR) is 117 cm³/mol. The van der Waals surface area contributed by atoms with Gasteiger partial charge in [0.25, 0.3) is 0 Å². The highest BCUT2D eigenvalue weighted by molar-refractivity contribution is 5.88. The Kier molecular flexibility index (Phi) is 6.19. The average molecular weight is 393 g/mol. The molecule has 1 amide bonds. The molecule has 0 aromatic heterocycles. The Balaban J connectivity index is 1.41. The highest BCUT2D eigenvalue weighted by Gasteiger charge is 2.41. The molecule has 2 aliphatic rings. The van der Waals surface area contributed by atoms with E-state index in [4.69, 9.17) is 4.74 Å². The van der Waals surface area contributed by atoms with Crippen LogP contribution in [0.15, 0.2) is 54.6 Å². The lowest BCUT2D eigenvalue weighted by Gasteiger charge is -2.36. The Morgan fingerprint density at radius 3 is 2.52 bits per heavy atom. The summed E-state index contributed by atoms with van der Waals surface area (Å²) in [5.41, 5.74) is 3.04. The van der Waals surface area contributed by atoms with Crippen molar-refractivity contribution in [1.29, 1.82) is 0 Å². The Bertz CT molecular complexity index is 797. The first-order valence-corrected chi connectivity index (χ1v) is 10.9. The summed E-state index contributed by atoms with van der Waals surface area (Å²) >= 11 is 0. The maximum atomic E-state index is 13.3. The second-order valence-electron chi connectivity index (χ2n) is 8.60. The molecule has 0 radical (unpaired) electrons.